The topological polar surface area (TPSA) is 69.4 Å². The number of methoxy groups -OCH3 is 1. The molecule has 138 valence electrons. The lowest BCUT2D eigenvalue weighted by molar-refractivity contribution is 0.166. The second kappa shape index (κ2) is 7.09. The number of hydrogen-bond donors (Lipinski definition) is 1. The minimum Gasteiger partial charge on any atom is -0.393 e. The smallest absolute Gasteiger partial charge is 0.182 e. The fourth-order valence-corrected chi connectivity index (χ4v) is 6.57. The summed E-state index contributed by atoms with van der Waals surface area (Å²) in [6.07, 6.45) is 0. The molecule has 26 heavy (non-hydrogen) atoms. The summed E-state index contributed by atoms with van der Waals surface area (Å²) in [6.45, 7) is 0.118. The van der Waals surface area contributed by atoms with E-state index < -0.39 is 26.4 Å². The minimum absolute atomic E-state index is 0.118. The molecule has 1 fully saturated rings. The van der Waals surface area contributed by atoms with Gasteiger partial charge in [0, 0.05) is 23.1 Å². The predicted molar refractivity (Wildman–Crippen MR) is 108 cm³/mol. The van der Waals surface area contributed by atoms with Crippen LogP contribution in [0.25, 0.3) is 0 Å². The fourth-order valence-electron chi connectivity index (χ4n) is 3.55. The van der Waals surface area contributed by atoms with E-state index in [0.29, 0.717) is 10.0 Å². The molecule has 1 aliphatic carbocycles. The van der Waals surface area contributed by atoms with Crippen LogP contribution in [0.3, 0.4) is 0 Å². The summed E-state index contributed by atoms with van der Waals surface area (Å²) < 4.78 is 31.9. The highest BCUT2D eigenvalue weighted by atomic mass is 35.5. The Bertz CT molecular complexity index is 930. The summed E-state index contributed by atoms with van der Waals surface area (Å²) in [4.78, 5) is 0.307. The van der Waals surface area contributed by atoms with Crippen LogP contribution in [-0.2, 0) is 14.6 Å². The Balaban J connectivity index is 2.11. The molecule has 8 heteroatoms. The van der Waals surface area contributed by atoms with E-state index in [-0.39, 0.29) is 16.5 Å². The molecular weight excluding hydrogens is 413 g/mol. The van der Waals surface area contributed by atoms with Gasteiger partial charge in [-0.05, 0) is 42.0 Å². The Morgan fingerprint density at radius 3 is 2.08 bits per heavy atom. The van der Waals surface area contributed by atoms with E-state index in [1.807, 2.05) is 0 Å². The van der Waals surface area contributed by atoms with Crippen molar-refractivity contribution < 1.29 is 13.2 Å². The lowest BCUT2D eigenvalue weighted by atomic mass is 10.00. The number of sulfone groups is 1. The molecule has 2 aromatic rings. The Hall–Kier alpha value is -1.18. The molecule has 0 amide bonds. The van der Waals surface area contributed by atoms with Gasteiger partial charge >= 0.3 is 0 Å². The van der Waals surface area contributed by atoms with E-state index in [1.165, 1.54) is 19.2 Å². The van der Waals surface area contributed by atoms with Gasteiger partial charge in [-0.3, -0.25) is 0 Å². The van der Waals surface area contributed by atoms with Crippen LogP contribution in [0.4, 0.5) is 0 Å². The Labute approximate surface area is 168 Å². The van der Waals surface area contributed by atoms with Gasteiger partial charge in [0.2, 0.25) is 0 Å². The Morgan fingerprint density at radius 1 is 1.12 bits per heavy atom. The van der Waals surface area contributed by atoms with E-state index in [9.17, 15) is 8.42 Å². The molecule has 0 spiro atoms. The van der Waals surface area contributed by atoms with E-state index in [4.69, 9.17) is 45.9 Å². The summed E-state index contributed by atoms with van der Waals surface area (Å²) in [5.41, 5.74) is 5.85. The van der Waals surface area contributed by atoms with Crippen molar-refractivity contribution in [3.8, 4) is 0 Å². The summed E-state index contributed by atoms with van der Waals surface area (Å²) in [5.74, 6) is -0.405. The molecule has 2 N–H and O–H groups in total. The summed E-state index contributed by atoms with van der Waals surface area (Å²) in [7, 11) is -2.20. The zero-order valence-electron chi connectivity index (χ0n) is 13.9. The fraction of sp³-hybridized carbons (Fsp3) is 0.278. The highest BCUT2D eigenvalue weighted by molar-refractivity contribution is 7.92. The van der Waals surface area contributed by atoms with Crippen molar-refractivity contribution in [2.45, 2.75) is 16.1 Å². The van der Waals surface area contributed by atoms with Crippen LogP contribution < -0.4 is 5.73 Å². The second-order valence-corrected chi connectivity index (χ2v) is 9.67. The van der Waals surface area contributed by atoms with Crippen molar-refractivity contribution in [1.82, 2.24) is 0 Å². The molecule has 2 aromatic carbocycles. The first-order valence-corrected chi connectivity index (χ1v) is 10.5. The van der Waals surface area contributed by atoms with Crippen LogP contribution in [0.1, 0.15) is 11.5 Å². The molecule has 0 aliphatic heterocycles. The number of hydrogen-bond acceptors (Lipinski definition) is 4. The van der Waals surface area contributed by atoms with E-state index in [1.54, 1.807) is 36.4 Å². The molecule has 3 atom stereocenters. The number of nitrogens with two attached hydrogens (primary N) is 1. The van der Waals surface area contributed by atoms with Gasteiger partial charge in [0.05, 0.1) is 27.2 Å². The van der Waals surface area contributed by atoms with Crippen molar-refractivity contribution >= 4 is 50.2 Å². The maximum Gasteiger partial charge on any atom is 0.182 e. The highest BCUT2D eigenvalue weighted by Gasteiger charge is 2.73. The number of benzene rings is 2. The van der Waals surface area contributed by atoms with Gasteiger partial charge in [-0.25, -0.2) is 8.42 Å². The zero-order valence-corrected chi connectivity index (χ0v) is 17.0. The quantitative estimate of drug-likeness (QED) is 0.705. The normalized spacial score (nSPS) is 25.0. The highest BCUT2D eigenvalue weighted by Crippen LogP contribution is 2.64. The molecule has 3 rings (SSSR count). The molecule has 1 aliphatic rings. The molecule has 0 unspecified atom stereocenters. The van der Waals surface area contributed by atoms with Gasteiger partial charge in [-0.1, -0.05) is 47.6 Å². The SMILES string of the molecule is COC[C@@]1(C(N)=S)[C@H](S(=O)(=O)c2ccc(Cl)cc2)[C@@H]1c1ccc(Cl)cc1. The Morgan fingerprint density at radius 2 is 1.62 bits per heavy atom. The largest absolute Gasteiger partial charge is 0.393 e. The maximum absolute atomic E-state index is 13.3. The van der Waals surface area contributed by atoms with Crippen LogP contribution in [0.15, 0.2) is 53.4 Å². The van der Waals surface area contributed by atoms with Gasteiger partial charge < -0.3 is 10.5 Å². The lowest BCUT2D eigenvalue weighted by Gasteiger charge is -2.16. The first-order chi connectivity index (χ1) is 12.2. The van der Waals surface area contributed by atoms with Crippen LogP contribution in [0.2, 0.25) is 10.0 Å². The average Bonchev–Trinajstić information content (AvgIpc) is 3.27. The molecule has 0 heterocycles. The Kier molecular flexibility index (Phi) is 5.34. The van der Waals surface area contributed by atoms with Gasteiger partial charge in [0.15, 0.2) is 9.84 Å². The van der Waals surface area contributed by atoms with E-state index >= 15 is 0 Å². The lowest BCUT2D eigenvalue weighted by Crippen LogP contribution is -2.33. The van der Waals surface area contributed by atoms with E-state index in [2.05, 4.69) is 0 Å². The van der Waals surface area contributed by atoms with Crippen LogP contribution in [-0.4, -0.2) is 32.4 Å². The molecule has 1 saturated carbocycles. The number of thiocarbonyl (C=S) groups is 1. The second-order valence-electron chi connectivity index (χ2n) is 6.29. The van der Waals surface area contributed by atoms with Crippen LogP contribution in [0.5, 0.6) is 0 Å². The van der Waals surface area contributed by atoms with Gasteiger partial charge in [-0.15, -0.1) is 0 Å². The van der Waals surface area contributed by atoms with Gasteiger partial charge in [-0.2, -0.15) is 0 Å². The molecule has 0 saturated heterocycles. The van der Waals surface area contributed by atoms with E-state index in [0.717, 1.165) is 5.56 Å². The summed E-state index contributed by atoms with van der Waals surface area (Å²) in [5, 5.41) is 0.223. The molecule has 0 radical (unpaired) electrons. The number of rotatable bonds is 6. The maximum atomic E-state index is 13.3. The van der Waals surface area contributed by atoms with Crippen molar-refractivity contribution in [3.05, 3.63) is 64.1 Å². The van der Waals surface area contributed by atoms with Crippen molar-refractivity contribution in [1.29, 1.82) is 0 Å². The number of halogens is 2. The first kappa shape index (κ1) is 19.6. The van der Waals surface area contributed by atoms with Crippen LogP contribution >= 0.6 is 35.4 Å². The third-order valence-corrected chi connectivity index (χ3v) is 7.98. The third-order valence-electron chi connectivity index (χ3n) is 4.80. The first-order valence-electron chi connectivity index (χ1n) is 7.79. The molecule has 0 aromatic heterocycles. The average molecular weight is 430 g/mol. The van der Waals surface area contributed by atoms with Gasteiger partial charge in [0.1, 0.15) is 0 Å². The third kappa shape index (κ3) is 3.14. The molecule has 4 nitrogen and oxygen atoms in total. The summed E-state index contributed by atoms with van der Waals surface area (Å²) >= 11 is 17.1. The predicted octanol–water partition coefficient (Wildman–Crippen LogP) is 3.85. The summed E-state index contributed by atoms with van der Waals surface area (Å²) in [6, 6.07) is 13.1. The number of ether oxygens (including phenoxy) is 1. The van der Waals surface area contributed by atoms with Crippen LogP contribution in [0, 0.1) is 5.41 Å². The van der Waals surface area contributed by atoms with Crippen molar-refractivity contribution in [3.63, 3.8) is 0 Å². The van der Waals surface area contributed by atoms with Gasteiger partial charge in [0.25, 0.3) is 0 Å². The monoisotopic (exact) mass is 429 g/mol. The standard InChI is InChI=1S/C18H17Cl2NO3S2/c1-24-10-18(17(21)25)15(11-2-4-12(19)5-3-11)16(18)26(22,23)14-8-6-13(20)7-9-14/h2-9,15-16H,10H2,1H3,(H2,21,25)/t15-,16+,18-/m0/s1. The molecule has 0 bridgehead atoms. The minimum atomic E-state index is -3.70. The van der Waals surface area contributed by atoms with Crippen molar-refractivity contribution in [2.75, 3.05) is 13.7 Å². The molecular formula is C18H17Cl2NO3S2. The zero-order chi connectivity index (χ0) is 19.1. The van der Waals surface area contributed by atoms with Crippen molar-refractivity contribution in [2.24, 2.45) is 11.1 Å².